The van der Waals surface area contributed by atoms with Crippen LogP contribution in [0.25, 0.3) is 22.2 Å². The molecule has 2 heterocycles. The number of nitrogens with zero attached hydrogens (tertiary/aromatic N) is 2. The number of aromatic nitrogens is 2. The van der Waals surface area contributed by atoms with Gasteiger partial charge in [-0.2, -0.15) is 16.3 Å². The van der Waals surface area contributed by atoms with Crippen molar-refractivity contribution >= 4 is 28.1 Å². The fourth-order valence-corrected chi connectivity index (χ4v) is 3.36. The highest BCUT2D eigenvalue weighted by Gasteiger charge is 2.12. The first kappa shape index (κ1) is 16.5. The minimum atomic E-state index is -0.284. The molecular weight excluding hydrogens is 348 g/mol. The zero-order valence-electron chi connectivity index (χ0n) is 13.9. The molecule has 0 saturated carbocycles. The summed E-state index contributed by atoms with van der Waals surface area (Å²) < 4.78 is 10.6. The van der Waals surface area contributed by atoms with Crippen LogP contribution in [0, 0.1) is 0 Å². The third kappa shape index (κ3) is 3.65. The van der Waals surface area contributed by atoms with Gasteiger partial charge in [-0.3, -0.25) is 4.79 Å². The van der Waals surface area contributed by atoms with Gasteiger partial charge in [0.1, 0.15) is 6.61 Å². The van der Waals surface area contributed by atoms with Crippen molar-refractivity contribution in [2.24, 2.45) is 0 Å². The van der Waals surface area contributed by atoms with Crippen LogP contribution in [-0.4, -0.2) is 16.1 Å². The number of hydrogen-bond acceptors (Lipinski definition) is 6. The van der Waals surface area contributed by atoms with Crippen molar-refractivity contribution in [3.8, 4) is 11.4 Å². The highest BCUT2D eigenvalue weighted by molar-refractivity contribution is 7.08. The van der Waals surface area contributed by atoms with Gasteiger partial charge < -0.3 is 9.26 Å². The van der Waals surface area contributed by atoms with Crippen LogP contribution in [0.2, 0.25) is 0 Å². The Hall–Kier alpha value is -2.99. The Kier molecular flexibility index (Phi) is 4.75. The highest BCUT2D eigenvalue weighted by atomic mass is 32.1. The Bertz CT molecular complexity index is 1020. The van der Waals surface area contributed by atoms with Crippen molar-refractivity contribution in [2.75, 3.05) is 0 Å². The average molecular weight is 364 g/mol. The van der Waals surface area contributed by atoms with Crippen LogP contribution >= 0.6 is 11.3 Å². The van der Waals surface area contributed by atoms with Crippen molar-refractivity contribution in [1.82, 2.24) is 10.1 Å². The lowest BCUT2D eigenvalue weighted by atomic mass is 10.1. The summed E-state index contributed by atoms with van der Waals surface area (Å²) in [6.45, 7) is 0.254. The van der Waals surface area contributed by atoms with E-state index in [1.165, 1.54) is 0 Å². The molecule has 0 bridgehead atoms. The number of ether oxygens (including phenoxy) is 1. The number of esters is 1. The average Bonchev–Trinajstić information content (AvgIpc) is 3.36. The quantitative estimate of drug-likeness (QED) is 0.467. The van der Waals surface area contributed by atoms with Crippen LogP contribution < -0.4 is 0 Å². The van der Waals surface area contributed by atoms with Crippen LogP contribution in [0.4, 0.5) is 0 Å². The zero-order chi connectivity index (χ0) is 17.8. The molecule has 0 saturated heterocycles. The summed E-state index contributed by atoms with van der Waals surface area (Å²) in [5.74, 6) is 0.701. The van der Waals surface area contributed by atoms with Crippen LogP contribution in [-0.2, 0) is 22.6 Å². The van der Waals surface area contributed by atoms with Crippen LogP contribution in [0.1, 0.15) is 17.9 Å². The molecule has 0 spiro atoms. The number of carbonyl (C=O) groups excluding carboxylic acids is 1. The predicted molar refractivity (Wildman–Crippen MR) is 99.7 cm³/mol. The SMILES string of the molecule is O=C(CCc1nc(-c2ccsc2)no1)OCc1cccc2ccccc12. The molecule has 0 aliphatic rings. The topological polar surface area (TPSA) is 65.2 Å². The molecule has 26 heavy (non-hydrogen) atoms. The number of fused-ring (bicyclic) bond motifs is 1. The number of hydrogen-bond donors (Lipinski definition) is 0. The first-order chi connectivity index (χ1) is 12.8. The van der Waals surface area contributed by atoms with Gasteiger partial charge in [-0.25, -0.2) is 0 Å². The first-order valence-corrected chi connectivity index (χ1v) is 9.21. The van der Waals surface area contributed by atoms with E-state index in [1.807, 2.05) is 59.3 Å². The monoisotopic (exact) mass is 364 g/mol. The van der Waals surface area contributed by atoms with E-state index < -0.39 is 0 Å². The molecule has 0 fully saturated rings. The van der Waals surface area contributed by atoms with Crippen molar-refractivity contribution in [3.63, 3.8) is 0 Å². The Labute approximate surface area is 154 Å². The molecule has 6 heteroatoms. The van der Waals surface area contributed by atoms with Crippen LogP contribution in [0.15, 0.2) is 63.8 Å². The zero-order valence-corrected chi connectivity index (χ0v) is 14.7. The molecule has 4 aromatic rings. The summed E-state index contributed by atoms with van der Waals surface area (Å²) in [7, 11) is 0. The maximum atomic E-state index is 12.1. The van der Waals surface area contributed by atoms with Gasteiger partial charge >= 0.3 is 5.97 Å². The fourth-order valence-electron chi connectivity index (χ4n) is 2.72. The van der Waals surface area contributed by atoms with Gasteiger partial charge in [0, 0.05) is 17.4 Å². The molecule has 0 unspecified atom stereocenters. The molecule has 0 aliphatic heterocycles. The van der Waals surface area contributed by atoms with Gasteiger partial charge in [0.2, 0.25) is 11.7 Å². The minimum absolute atomic E-state index is 0.204. The molecule has 2 aromatic heterocycles. The van der Waals surface area contributed by atoms with Gasteiger partial charge in [0.15, 0.2) is 0 Å². The van der Waals surface area contributed by atoms with Crippen LogP contribution in [0.5, 0.6) is 0 Å². The van der Waals surface area contributed by atoms with E-state index in [4.69, 9.17) is 9.26 Å². The second kappa shape index (κ2) is 7.49. The molecule has 5 nitrogen and oxygen atoms in total. The molecule has 0 amide bonds. The Morgan fingerprint density at radius 1 is 1.12 bits per heavy atom. The predicted octanol–water partition coefficient (Wildman–Crippen LogP) is 4.63. The normalized spacial score (nSPS) is 10.9. The van der Waals surface area contributed by atoms with Crippen molar-refractivity contribution in [3.05, 3.63) is 70.7 Å². The highest BCUT2D eigenvalue weighted by Crippen LogP contribution is 2.20. The lowest BCUT2D eigenvalue weighted by molar-refractivity contribution is -0.144. The first-order valence-electron chi connectivity index (χ1n) is 8.27. The lowest BCUT2D eigenvalue weighted by Gasteiger charge is -2.07. The van der Waals surface area contributed by atoms with E-state index in [0.29, 0.717) is 18.1 Å². The van der Waals surface area contributed by atoms with E-state index in [0.717, 1.165) is 21.9 Å². The standard InChI is InChI=1S/C20H16N2O3S/c23-19(9-8-18-21-20(22-25-18)16-10-11-26-13-16)24-12-15-6-3-5-14-4-1-2-7-17(14)15/h1-7,10-11,13H,8-9,12H2. The second-order valence-corrected chi connectivity index (χ2v) is 6.60. The molecule has 0 atom stereocenters. The van der Waals surface area contributed by atoms with E-state index in [1.54, 1.807) is 11.3 Å². The number of rotatable bonds is 6. The van der Waals surface area contributed by atoms with Gasteiger partial charge in [0.05, 0.1) is 6.42 Å². The summed E-state index contributed by atoms with van der Waals surface area (Å²) in [4.78, 5) is 16.4. The summed E-state index contributed by atoms with van der Waals surface area (Å²) in [5.41, 5.74) is 1.91. The van der Waals surface area contributed by atoms with Gasteiger partial charge in [-0.05, 0) is 27.8 Å². The van der Waals surface area contributed by atoms with E-state index in [2.05, 4.69) is 10.1 Å². The molecule has 2 aromatic carbocycles. The van der Waals surface area contributed by atoms with Gasteiger partial charge in [-0.1, -0.05) is 47.6 Å². The van der Waals surface area contributed by atoms with Crippen molar-refractivity contribution in [1.29, 1.82) is 0 Å². The largest absolute Gasteiger partial charge is 0.461 e. The molecule has 4 rings (SSSR count). The van der Waals surface area contributed by atoms with Crippen molar-refractivity contribution in [2.45, 2.75) is 19.4 Å². The molecule has 0 N–H and O–H groups in total. The van der Waals surface area contributed by atoms with E-state index in [9.17, 15) is 4.79 Å². The summed E-state index contributed by atoms with van der Waals surface area (Å²) in [5, 5.41) is 10.1. The smallest absolute Gasteiger partial charge is 0.306 e. The Balaban J connectivity index is 1.33. The third-order valence-corrected chi connectivity index (χ3v) is 4.74. The maximum Gasteiger partial charge on any atom is 0.306 e. The second-order valence-electron chi connectivity index (χ2n) is 5.82. The van der Waals surface area contributed by atoms with Crippen LogP contribution in [0.3, 0.4) is 0 Å². The third-order valence-electron chi connectivity index (χ3n) is 4.06. The maximum absolute atomic E-state index is 12.1. The Morgan fingerprint density at radius 3 is 2.88 bits per heavy atom. The number of thiophene rings is 1. The molecule has 0 aliphatic carbocycles. The van der Waals surface area contributed by atoms with Gasteiger partial charge in [0.25, 0.3) is 0 Å². The van der Waals surface area contributed by atoms with E-state index in [-0.39, 0.29) is 19.0 Å². The minimum Gasteiger partial charge on any atom is -0.461 e. The Morgan fingerprint density at radius 2 is 2.00 bits per heavy atom. The van der Waals surface area contributed by atoms with E-state index >= 15 is 0 Å². The molecule has 130 valence electrons. The fraction of sp³-hybridized carbons (Fsp3) is 0.150. The summed E-state index contributed by atoms with van der Waals surface area (Å²) in [6.07, 6.45) is 0.571. The number of benzene rings is 2. The molecular formula is C20H16N2O3S. The summed E-state index contributed by atoms with van der Waals surface area (Å²) >= 11 is 1.57. The lowest BCUT2D eigenvalue weighted by Crippen LogP contribution is -2.06. The van der Waals surface area contributed by atoms with Crippen molar-refractivity contribution < 1.29 is 14.1 Å². The molecule has 0 radical (unpaired) electrons. The van der Waals surface area contributed by atoms with Gasteiger partial charge in [-0.15, -0.1) is 0 Å². The number of carbonyl (C=O) groups is 1. The summed E-state index contributed by atoms with van der Waals surface area (Å²) in [6, 6.07) is 16.0. The number of aryl methyl sites for hydroxylation is 1.